The Balaban J connectivity index is 1.57. The van der Waals surface area contributed by atoms with Crippen LogP contribution in [-0.2, 0) is 6.54 Å². The van der Waals surface area contributed by atoms with E-state index in [0.717, 1.165) is 24.6 Å². The van der Waals surface area contributed by atoms with Crippen molar-refractivity contribution in [2.24, 2.45) is 5.92 Å². The maximum Gasteiger partial charge on any atom is 0.134 e. The molecule has 1 aliphatic rings. The molecule has 0 saturated carbocycles. The Hall–Kier alpha value is -1.32. The van der Waals surface area contributed by atoms with Crippen molar-refractivity contribution in [2.75, 3.05) is 26.7 Å². The molecule has 0 amide bonds. The first-order chi connectivity index (χ1) is 9.33. The molecular formula is C16H22N2O. The quantitative estimate of drug-likeness (QED) is 0.894. The van der Waals surface area contributed by atoms with Crippen LogP contribution in [-0.4, -0.2) is 31.6 Å². The van der Waals surface area contributed by atoms with E-state index in [-0.39, 0.29) is 0 Å². The lowest BCUT2D eigenvalue weighted by atomic mass is 10.0. The fourth-order valence-corrected chi connectivity index (χ4v) is 2.89. The van der Waals surface area contributed by atoms with Gasteiger partial charge in [0.25, 0.3) is 0 Å². The molecule has 1 unspecified atom stereocenters. The standard InChI is InChI=1S/C16H22N2O/c1-18(9-7-13-6-8-17-10-13)11-14-12-19-16-5-3-2-4-15(14)16/h2-5,12-13,17H,6-11H2,1H3. The Labute approximate surface area is 114 Å². The number of nitrogens with one attached hydrogen (secondary N) is 1. The molecule has 1 aromatic carbocycles. The number of para-hydroxylation sites is 1. The fraction of sp³-hybridized carbons (Fsp3) is 0.500. The molecule has 1 fully saturated rings. The van der Waals surface area contributed by atoms with Crippen molar-refractivity contribution < 1.29 is 4.42 Å². The molecule has 3 nitrogen and oxygen atoms in total. The van der Waals surface area contributed by atoms with Gasteiger partial charge in [-0.1, -0.05) is 18.2 Å². The van der Waals surface area contributed by atoms with Gasteiger partial charge in [-0.3, -0.25) is 0 Å². The predicted octanol–water partition coefficient (Wildman–Crippen LogP) is 2.86. The van der Waals surface area contributed by atoms with Gasteiger partial charge in [0.2, 0.25) is 0 Å². The average Bonchev–Trinajstić information content (AvgIpc) is 3.07. The van der Waals surface area contributed by atoms with Crippen LogP contribution >= 0.6 is 0 Å². The van der Waals surface area contributed by atoms with Crippen molar-refractivity contribution in [3.05, 3.63) is 36.1 Å². The number of benzene rings is 1. The molecule has 0 bridgehead atoms. The molecular weight excluding hydrogens is 236 g/mol. The van der Waals surface area contributed by atoms with E-state index < -0.39 is 0 Å². The van der Waals surface area contributed by atoms with Crippen LogP contribution < -0.4 is 5.32 Å². The first-order valence-electron chi connectivity index (χ1n) is 7.17. The number of rotatable bonds is 5. The lowest BCUT2D eigenvalue weighted by Crippen LogP contribution is -2.22. The summed E-state index contributed by atoms with van der Waals surface area (Å²) in [5, 5.41) is 4.68. The zero-order valence-corrected chi connectivity index (χ0v) is 11.6. The molecule has 1 aromatic heterocycles. The molecule has 2 aromatic rings. The highest BCUT2D eigenvalue weighted by atomic mass is 16.3. The van der Waals surface area contributed by atoms with Gasteiger partial charge in [0, 0.05) is 17.5 Å². The highest BCUT2D eigenvalue weighted by Crippen LogP contribution is 2.22. The van der Waals surface area contributed by atoms with Crippen LogP contribution in [0.5, 0.6) is 0 Å². The third-order valence-electron chi connectivity index (χ3n) is 4.08. The molecule has 3 heteroatoms. The Kier molecular flexibility index (Phi) is 3.85. The second kappa shape index (κ2) is 5.76. The predicted molar refractivity (Wildman–Crippen MR) is 78.1 cm³/mol. The summed E-state index contributed by atoms with van der Waals surface area (Å²) >= 11 is 0. The Morgan fingerprint density at radius 3 is 3.11 bits per heavy atom. The summed E-state index contributed by atoms with van der Waals surface area (Å²) in [4.78, 5) is 2.40. The van der Waals surface area contributed by atoms with Gasteiger partial charge in [0.05, 0.1) is 6.26 Å². The average molecular weight is 258 g/mol. The minimum absolute atomic E-state index is 0.864. The molecule has 1 saturated heterocycles. The maximum absolute atomic E-state index is 5.59. The number of nitrogens with zero attached hydrogens (tertiary/aromatic N) is 1. The molecule has 0 aliphatic carbocycles. The first kappa shape index (κ1) is 12.7. The van der Waals surface area contributed by atoms with E-state index in [9.17, 15) is 0 Å². The van der Waals surface area contributed by atoms with Gasteiger partial charge in [0.1, 0.15) is 5.58 Å². The number of furan rings is 1. The summed E-state index contributed by atoms with van der Waals surface area (Å²) in [7, 11) is 2.20. The van der Waals surface area contributed by atoms with Crippen molar-refractivity contribution in [1.82, 2.24) is 10.2 Å². The van der Waals surface area contributed by atoms with Gasteiger partial charge in [-0.15, -0.1) is 0 Å². The largest absolute Gasteiger partial charge is 0.464 e. The number of hydrogen-bond acceptors (Lipinski definition) is 3. The highest BCUT2D eigenvalue weighted by molar-refractivity contribution is 5.80. The van der Waals surface area contributed by atoms with Crippen molar-refractivity contribution in [1.29, 1.82) is 0 Å². The fourth-order valence-electron chi connectivity index (χ4n) is 2.89. The van der Waals surface area contributed by atoms with Gasteiger partial charge in [0.15, 0.2) is 0 Å². The van der Waals surface area contributed by atoms with Gasteiger partial charge >= 0.3 is 0 Å². The summed E-state index contributed by atoms with van der Waals surface area (Å²) in [6, 6.07) is 8.27. The van der Waals surface area contributed by atoms with Crippen molar-refractivity contribution in [2.45, 2.75) is 19.4 Å². The SMILES string of the molecule is CN(CCC1CCNC1)Cc1coc2ccccc12. The summed E-state index contributed by atoms with van der Waals surface area (Å²) in [5.41, 5.74) is 2.29. The zero-order chi connectivity index (χ0) is 13.1. The summed E-state index contributed by atoms with van der Waals surface area (Å²) in [5.74, 6) is 0.864. The van der Waals surface area contributed by atoms with Gasteiger partial charge in [-0.2, -0.15) is 0 Å². The number of fused-ring (bicyclic) bond motifs is 1. The normalized spacial score (nSPS) is 19.6. The van der Waals surface area contributed by atoms with E-state index in [1.807, 2.05) is 18.4 Å². The molecule has 19 heavy (non-hydrogen) atoms. The molecule has 0 radical (unpaired) electrons. The second-order valence-corrected chi connectivity index (χ2v) is 5.64. The molecule has 1 atom stereocenters. The topological polar surface area (TPSA) is 28.4 Å². The third kappa shape index (κ3) is 2.99. The number of hydrogen-bond donors (Lipinski definition) is 1. The van der Waals surface area contributed by atoms with Crippen LogP contribution in [0.15, 0.2) is 34.9 Å². The summed E-state index contributed by atoms with van der Waals surface area (Å²) < 4.78 is 5.59. The van der Waals surface area contributed by atoms with Crippen LogP contribution in [0.2, 0.25) is 0 Å². The van der Waals surface area contributed by atoms with Crippen LogP contribution in [0.25, 0.3) is 11.0 Å². The smallest absolute Gasteiger partial charge is 0.134 e. The lowest BCUT2D eigenvalue weighted by Gasteiger charge is -2.18. The Bertz CT molecular complexity index is 528. The highest BCUT2D eigenvalue weighted by Gasteiger charge is 2.15. The molecule has 102 valence electrons. The zero-order valence-electron chi connectivity index (χ0n) is 11.6. The molecule has 0 spiro atoms. The lowest BCUT2D eigenvalue weighted by molar-refractivity contribution is 0.298. The Morgan fingerprint density at radius 1 is 1.37 bits per heavy atom. The van der Waals surface area contributed by atoms with E-state index in [2.05, 4.69) is 29.4 Å². The van der Waals surface area contributed by atoms with Crippen molar-refractivity contribution >= 4 is 11.0 Å². The summed E-state index contributed by atoms with van der Waals surface area (Å²) in [6.45, 7) is 4.52. The van der Waals surface area contributed by atoms with E-state index in [4.69, 9.17) is 4.42 Å². The molecule has 1 aliphatic heterocycles. The van der Waals surface area contributed by atoms with E-state index in [1.165, 1.54) is 36.9 Å². The minimum Gasteiger partial charge on any atom is -0.464 e. The van der Waals surface area contributed by atoms with E-state index >= 15 is 0 Å². The van der Waals surface area contributed by atoms with Gasteiger partial charge < -0.3 is 14.6 Å². The molecule has 3 rings (SSSR count). The van der Waals surface area contributed by atoms with E-state index in [0.29, 0.717) is 0 Å². The first-order valence-corrected chi connectivity index (χ1v) is 7.17. The van der Waals surface area contributed by atoms with Gasteiger partial charge in [-0.25, -0.2) is 0 Å². The van der Waals surface area contributed by atoms with Gasteiger partial charge in [-0.05, 0) is 51.5 Å². The Morgan fingerprint density at radius 2 is 2.26 bits per heavy atom. The molecule has 1 N–H and O–H groups in total. The molecule has 2 heterocycles. The minimum atomic E-state index is 0.864. The van der Waals surface area contributed by atoms with Crippen LogP contribution in [0.3, 0.4) is 0 Å². The monoisotopic (exact) mass is 258 g/mol. The van der Waals surface area contributed by atoms with Crippen molar-refractivity contribution in [3.63, 3.8) is 0 Å². The van der Waals surface area contributed by atoms with E-state index in [1.54, 1.807) is 0 Å². The van der Waals surface area contributed by atoms with Crippen LogP contribution in [0, 0.1) is 5.92 Å². The third-order valence-corrected chi connectivity index (χ3v) is 4.08. The van der Waals surface area contributed by atoms with Crippen LogP contribution in [0.4, 0.5) is 0 Å². The van der Waals surface area contributed by atoms with Crippen LogP contribution in [0.1, 0.15) is 18.4 Å². The second-order valence-electron chi connectivity index (χ2n) is 5.64. The van der Waals surface area contributed by atoms with Crippen molar-refractivity contribution in [3.8, 4) is 0 Å². The summed E-state index contributed by atoms with van der Waals surface area (Å²) in [6.07, 6.45) is 4.53. The maximum atomic E-state index is 5.59.